The molecule has 1 aromatic carbocycles. The van der Waals surface area contributed by atoms with Crippen molar-refractivity contribution in [1.82, 2.24) is 0 Å². The van der Waals surface area contributed by atoms with Crippen LogP contribution >= 0.6 is 0 Å². The summed E-state index contributed by atoms with van der Waals surface area (Å²) >= 11 is 0. The highest BCUT2D eigenvalue weighted by Crippen LogP contribution is 2.22. The van der Waals surface area contributed by atoms with Gasteiger partial charge in [0.05, 0.1) is 6.10 Å². The Morgan fingerprint density at radius 3 is 2.33 bits per heavy atom. The van der Waals surface area contributed by atoms with E-state index < -0.39 is 14.2 Å². The van der Waals surface area contributed by atoms with Crippen molar-refractivity contribution in [1.29, 1.82) is 0 Å². The van der Waals surface area contributed by atoms with Gasteiger partial charge in [0.2, 0.25) is 0 Å². The summed E-state index contributed by atoms with van der Waals surface area (Å²) in [7, 11) is -1.77. The van der Waals surface area contributed by atoms with E-state index in [-0.39, 0.29) is 0 Å². The van der Waals surface area contributed by atoms with E-state index in [0.29, 0.717) is 6.42 Å². The summed E-state index contributed by atoms with van der Waals surface area (Å²) in [4.78, 5) is 0. The fourth-order valence-corrected chi connectivity index (χ4v) is 5.45. The maximum atomic E-state index is 10.4. The number of aliphatic hydroxyl groups excluding tert-OH is 1. The minimum Gasteiger partial charge on any atom is -0.389 e. The van der Waals surface area contributed by atoms with Gasteiger partial charge in [-0.15, -0.1) is 6.58 Å². The van der Waals surface area contributed by atoms with Crippen molar-refractivity contribution in [3.63, 3.8) is 0 Å². The molecular weight excluding hydrogens is 236 g/mol. The fraction of sp³-hybridized carbons (Fsp3) is 0.375. The Hall–Kier alpha value is -1.12. The van der Waals surface area contributed by atoms with E-state index in [1.807, 2.05) is 19.9 Å². The smallest absolute Gasteiger partial charge is 0.110 e. The van der Waals surface area contributed by atoms with Crippen LogP contribution in [-0.4, -0.2) is 19.3 Å². The van der Waals surface area contributed by atoms with Crippen LogP contribution < -0.4 is 5.19 Å². The standard InChI is InChI=1S/C16H24OSi/c1-6-16(15(17)12-13(2)3)18(4,5)14-10-8-7-9-11-14/h6-11,15,17H,2,12H2,1,3-5H3/b16-6-/t15-/m0/s1. The molecule has 1 aromatic rings. The van der Waals surface area contributed by atoms with Gasteiger partial charge >= 0.3 is 0 Å². The largest absolute Gasteiger partial charge is 0.389 e. The molecule has 1 N–H and O–H groups in total. The minimum atomic E-state index is -1.77. The Balaban J connectivity index is 3.05. The third-order valence-corrected chi connectivity index (χ3v) is 7.27. The van der Waals surface area contributed by atoms with Crippen LogP contribution in [0.25, 0.3) is 0 Å². The molecule has 0 aliphatic heterocycles. The quantitative estimate of drug-likeness (QED) is 0.635. The van der Waals surface area contributed by atoms with Crippen LogP contribution in [0.5, 0.6) is 0 Å². The lowest BCUT2D eigenvalue weighted by molar-refractivity contribution is 0.217. The summed E-state index contributed by atoms with van der Waals surface area (Å²) in [6, 6.07) is 10.5. The molecule has 1 nitrogen and oxygen atoms in total. The third kappa shape index (κ3) is 3.44. The molecular formula is C16H24OSi. The molecule has 2 heteroatoms. The van der Waals surface area contributed by atoms with E-state index in [2.05, 4.69) is 50.0 Å². The zero-order valence-corrected chi connectivity index (χ0v) is 12.9. The van der Waals surface area contributed by atoms with Crippen molar-refractivity contribution in [2.45, 2.75) is 39.5 Å². The number of hydrogen-bond donors (Lipinski definition) is 1. The zero-order valence-electron chi connectivity index (χ0n) is 11.9. The van der Waals surface area contributed by atoms with Crippen LogP contribution in [0.1, 0.15) is 20.3 Å². The van der Waals surface area contributed by atoms with Gasteiger partial charge < -0.3 is 5.11 Å². The average molecular weight is 260 g/mol. The Kier molecular flexibility index (Phi) is 5.11. The molecule has 0 aromatic heterocycles. The maximum Gasteiger partial charge on any atom is 0.110 e. The fourth-order valence-electron chi connectivity index (χ4n) is 2.43. The first kappa shape index (κ1) is 14.9. The van der Waals surface area contributed by atoms with Gasteiger partial charge in [-0.2, -0.15) is 0 Å². The van der Waals surface area contributed by atoms with Gasteiger partial charge in [-0.1, -0.05) is 65.5 Å². The zero-order chi connectivity index (χ0) is 13.8. The number of rotatable bonds is 5. The van der Waals surface area contributed by atoms with Crippen molar-refractivity contribution in [3.8, 4) is 0 Å². The van der Waals surface area contributed by atoms with E-state index in [9.17, 15) is 5.11 Å². The second-order valence-corrected chi connectivity index (χ2v) is 9.82. The predicted molar refractivity (Wildman–Crippen MR) is 82.8 cm³/mol. The third-order valence-electron chi connectivity index (χ3n) is 3.43. The first-order valence-corrected chi connectivity index (χ1v) is 9.44. The van der Waals surface area contributed by atoms with Crippen LogP contribution in [0.15, 0.2) is 53.8 Å². The van der Waals surface area contributed by atoms with Crippen LogP contribution in [0.2, 0.25) is 13.1 Å². The van der Waals surface area contributed by atoms with Gasteiger partial charge in [0, 0.05) is 0 Å². The minimum absolute atomic E-state index is 0.394. The van der Waals surface area contributed by atoms with Crippen molar-refractivity contribution in [2.24, 2.45) is 0 Å². The Morgan fingerprint density at radius 2 is 1.89 bits per heavy atom. The molecule has 0 saturated heterocycles. The molecule has 1 atom stereocenters. The second-order valence-electron chi connectivity index (χ2n) is 5.41. The van der Waals surface area contributed by atoms with Gasteiger partial charge in [-0.3, -0.25) is 0 Å². The summed E-state index contributed by atoms with van der Waals surface area (Å²) in [5.74, 6) is 0. The van der Waals surface area contributed by atoms with Crippen LogP contribution in [-0.2, 0) is 0 Å². The number of allylic oxidation sites excluding steroid dienone is 1. The van der Waals surface area contributed by atoms with Gasteiger partial charge in [0.25, 0.3) is 0 Å². The molecule has 0 amide bonds. The lowest BCUT2D eigenvalue weighted by Gasteiger charge is -2.30. The molecule has 0 saturated carbocycles. The first-order valence-electron chi connectivity index (χ1n) is 6.44. The molecule has 1 rings (SSSR count). The highest BCUT2D eigenvalue weighted by atomic mass is 28.3. The van der Waals surface area contributed by atoms with Crippen LogP contribution in [0.3, 0.4) is 0 Å². The van der Waals surface area contributed by atoms with Gasteiger partial charge in [0.1, 0.15) is 8.07 Å². The second kappa shape index (κ2) is 6.16. The highest BCUT2D eigenvalue weighted by Gasteiger charge is 2.31. The van der Waals surface area contributed by atoms with Crippen LogP contribution in [0.4, 0.5) is 0 Å². The van der Waals surface area contributed by atoms with E-state index in [1.165, 1.54) is 10.4 Å². The SMILES string of the molecule is C=C(C)C[C@H](O)/C(=C/C)[Si](C)(C)c1ccccc1. The van der Waals surface area contributed by atoms with Crippen molar-refractivity contribution < 1.29 is 5.11 Å². The van der Waals surface area contributed by atoms with Crippen molar-refractivity contribution >= 4 is 13.3 Å². The van der Waals surface area contributed by atoms with Crippen molar-refractivity contribution in [3.05, 3.63) is 53.8 Å². The van der Waals surface area contributed by atoms with E-state index >= 15 is 0 Å². The molecule has 0 unspecified atom stereocenters. The molecule has 98 valence electrons. The average Bonchev–Trinajstić information content (AvgIpc) is 2.29. The van der Waals surface area contributed by atoms with Crippen molar-refractivity contribution in [2.75, 3.05) is 0 Å². The normalized spacial score (nSPS) is 14.4. The molecule has 0 bridgehead atoms. The van der Waals surface area contributed by atoms with E-state index in [0.717, 1.165) is 5.57 Å². The summed E-state index contributed by atoms with van der Waals surface area (Å²) in [6.07, 6.45) is 2.35. The molecule has 0 spiro atoms. The van der Waals surface area contributed by atoms with Gasteiger partial charge in [-0.25, -0.2) is 0 Å². The van der Waals surface area contributed by atoms with Crippen LogP contribution in [0, 0.1) is 0 Å². The maximum absolute atomic E-state index is 10.4. The molecule has 0 fully saturated rings. The molecule has 0 radical (unpaired) electrons. The summed E-state index contributed by atoms with van der Waals surface area (Å²) in [6.45, 7) is 12.5. The van der Waals surface area contributed by atoms with E-state index in [1.54, 1.807) is 0 Å². The summed E-state index contributed by atoms with van der Waals surface area (Å²) in [5.41, 5.74) is 1.03. The van der Waals surface area contributed by atoms with Gasteiger partial charge in [0.15, 0.2) is 0 Å². The topological polar surface area (TPSA) is 20.2 Å². The van der Waals surface area contributed by atoms with E-state index in [4.69, 9.17) is 0 Å². The summed E-state index contributed by atoms with van der Waals surface area (Å²) < 4.78 is 0. The molecule has 18 heavy (non-hydrogen) atoms. The Bertz CT molecular complexity index is 432. The lowest BCUT2D eigenvalue weighted by Crippen LogP contribution is -2.47. The highest BCUT2D eigenvalue weighted by molar-refractivity contribution is 6.95. The molecule has 0 aliphatic carbocycles. The summed E-state index contributed by atoms with van der Waals surface area (Å²) in [5, 5.41) is 12.9. The Morgan fingerprint density at radius 1 is 1.33 bits per heavy atom. The predicted octanol–water partition coefficient (Wildman–Crippen LogP) is 3.41. The first-order chi connectivity index (χ1) is 8.39. The molecule has 0 heterocycles. The number of hydrogen-bond acceptors (Lipinski definition) is 1. The molecule has 0 aliphatic rings. The Labute approximate surface area is 112 Å². The monoisotopic (exact) mass is 260 g/mol. The lowest BCUT2D eigenvalue weighted by atomic mass is 10.1. The number of benzene rings is 1. The number of aliphatic hydroxyl groups is 1. The van der Waals surface area contributed by atoms with Gasteiger partial charge in [-0.05, 0) is 20.3 Å².